The lowest BCUT2D eigenvalue weighted by Gasteiger charge is -2.11. The summed E-state index contributed by atoms with van der Waals surface area (Å²) in [5, 5.41) is 6.24. The zero-order valence-corrected chi connectivity index (χ0v) is 11.8. The van der Waals surface area contributed by atoms with Gasteiger partial charge in [0.15, 0.2) is 0 Å². The standard InChI is InChI=1S/C14H19N3OS/c18-14-12-6-9-19-13(12)16-10-17(14)8-3-7-15-11-4-1-2-5-11/h6,9-11,15H,1-5,7-8H2. The lowest BCUT2D eigenvalue weighted by molar-refractivity contribution is 0.491. The monoisotopic (exact) mass is 277 g/mol. The van der Waals surface area contributed by atoms with Crippen LogP contribution < -0.4 is 10.9 Å². The summed E-state index contributed by atoms with van der Waals surface area (Å²) in [4.78, 5) is 17.3. The minimum atomic E-state index is 0.0899. The number of hydrogen-bond acceptors (Lipinski definition) is 4. The molecule has 0 bridgehead atoms. The van der Waals surface area contributed by atoms with Gasteiger partial charge in [0.05, 0.1) is 11.7 Å². The van der Waals surface area contributed by atoms with Crippen LogP contribution in [0, 0.1) is 0 Å². The first-order valence-electron chi connectivity index (χ1n) is 7.00. The Bertz CT molecular complexity index is 598. The van der Waals surface area contributed by atoms with E-state index >= 15 is 0 Å². The van der Waals surface area contributed by atoms with Gasteiger partial charge in [-0.1, -0.05) is 12.8 Å². The van der Waals surface area contributed by atoms with Gasteiger partial charge in [-0.05, 0) is 37.3 Å². The molecule has 0 spiro atoms. The number of fused-ring (bicyclic) bond motifs is 1. The topological polar surface area (TPSA) is 46.9 Å². The maximum atomic E-state index is 12.1. The van der Waals surface area contributed by atoms with Gasteiger partial charge in [0.1, 0.15) is 4.83 Å². The van der Waals surface area contributed by atoms with Crippen molar-refractivity contribution in [2.75, 3.05) is 6.54 Å². The molecule has 19 heavy (non-hydrogen) atoms. The molecule has 0 radical (unpaired) electrons. The minimum Gasteiger partial charge on any atom is -0.314 e. The van der Waals surface area contributed by atoms with Gasteiger partial charge in [-0.25, -0.2) is 4.98 Å². The molecular formula is C14H19N3OS. The highest BCUT2D eigenvalue weighted by Gasteiger charge is 2.13. The molecule has 2 aromatic rings. The van der Waals surface area contributed by atoms with E-state index in [9.17, 15) is 4.79 Å². The Hall–Kier alpha value is -1.20. The first kappa shape index (κ1) is 12.8. The minimum absolute atomic E-state index is 0.0899. The number of hydrogen-bond donors (Lipinski definition) is 1. The molecule has 1 fully saturated rings. The molecule has 102 valence electrons. The largest absolute Gasteiger partial charge is 0.314 e. The second-order valence-corrected chi connectivity index (χ2v) is 6.07. The summed E-state index contributed by atoms with van der Waals surface area (Å²) in [6.07, 6.45) is 7.99. The molecule has 0 aromatic carbocycles. The van der Waals surface area contributed by atoms with E-state index in [1.807, 2.05) is 11.4 Å². The number of aryl methyl sites for hydroxylation is 1. The third-order valence-corrected chi connectivity index (χ3v) is 4.64. The first-order chi connectivity index (χ1) is 9.34. The van der Waals surface area contributed by atoms with E-state index in [2.05, 4.69) is 10.3 Å². The fraction of sp³-hybridized carbons (Fsp3) is 0.571. The van der Waals surface area contributed by atoms with Gasteiger partial charge in [0.2, 0.25) is 0 Å². The smallest absolute Gasteiger partial charge is 0.262 e. The van der Waals surface area contributed by atoms with Crippen LogP contribution in [0.5, 0.6) is 0 Å². The summed E-state index contributed by atoms with van der Waals surface area (Å²) in [5.74, 6) is 0. The predicted octanol–water partition coefficient (Wildman–Crippen LogP) is 2.38. The fourth-order valence-electron chi connectivity index (χ4n) is 2.74. The van der Waals surface area contributed by atoms with Crippen LogP contribution in [0.25, 0.3) is 10.2 Å². The maximum absolute atomic E-state index is 12.1. The molecule has 1 N–H and O–H groups in total. The van der Waals surface area contributed by atoms with Crippen molar-refractivity contribution in [3.63, 3.8) is 0 Å². The van der Waals surface area contributed by atoms with Crippen LogP contribution >= 0.6 is 11.3 Å². The van der Waals surface area contributed by atoms with Crippen molar-refractivity contribution in [1.29, 1.82) is 0 Å². The van der Waals surface area contributed by atoms with Gasteiger partial charge in [-0.2, -0.15) is 0 Å². The maximum Gasteiger partial charge on any atom is 0.262 e. The molecule has 1 aliphatic rings. The van der Waals surface area contributed by atoms with Crippen molar-refractivity contribution in [3.8, 4) is 0 Å². The van der Waals surface area contributed by atoms with Crippen molar-refractivity contribution in [2.45, 2.75) is 44.7 Å². The SMILES string of the molecule is O=c1c2ccsc2ncn1CCCNC1CCCC1. The van der Waals surface area contributed by atoms with Crippen LogP contribution in [-0.2, 0) is 6.54 Å². The molecule has 4 nitrogen and oxygen atoms in total. The normalized spacial score (nSPS) is 16.4. The van der Waals surface area contributed by atoms with Crippen LogP contribution in [-0.4, -0.2) is 22.1 Å². The van der Waals surface area contributed by atoms with Crippen LogP contribution in [0.1, 0.15) is 32.1 Å². The number of nitrogens with zero attached hydrogens (tertiary/aromatic N) is 2. The predicted molar refractivity (Wildman–Crippen MR) is 78.8 cm³/mol. The third-order valence-electron chi connectivity index (χ3n) is 3.81. The van der Waals surface area contributed by atoms with Crippen molar-refractivity contribution in [2.24, 2.45) is 0 Å². The molecule has 2 aromatic heterocycles. The fourth-order valence-corrected chi connectivity index (χ4v) is 3.46. The third kappa shape index (κ3) is 2.87. The highest BCUT2D eigenvalue weighted by Crippen LogP contribution is 2.17. The Labute approximate surface area is 116 Å². The molecule has 1 aliphatic carbocycles. The van der Waals surface area contributed by atoms with E-state index in [0.717, 1.165) is 29.7 Å². The molecule has 0 unspecified atom stereocenters. The average molecular weight is 277 g/mol. The van der Waals surface area contributed by atoms with E-state index in [-0.39, 0.29) is 5.56 Å². The van der Waals surface area contributed by atoms with Crippen molar-refractivity contribution < 1.29 is 0 Å². The average Bonchev–Trinajstić information content (AvgIpc) is 3.08. The van der Waals surface area contributed by atoms with Crippen LogP contribution in [0.3, 0.4) is 0 Å². The van der Waals surface area contributed by atoms with Gasteiger partial charge in [-0.15, -0.1) is 11.3 Å². The van der Waals surface area contributed by atoms with Gasteiger partial charge < -0.3 is 5.32 Å². The van der Waals surface area contributed by atoms with Crippen molar-refractivity contribution in [1.82, 2.24) is 14.9 Å². The number of nitrogens with one attached hydrogen (secondary N) is 1. The Morgan fingerprint density at radius 2 is 2.26 bits per heavy atom. The van der Waals surface area contributed by atoms with Gasteiger partial charge in [-0.3, -0.25) is 9.36 Å². The quantitative estimate of drug-likeness (QED) is 0.854. The Kier molecular flexibility index (Phi) is 3.94. The molecule has 0 amide bonds. The number of aromatic nitrogens is 2. The van der Waals surface area contributed by atoms with E-state index < -0.39 is 0 Å². The molecule has 2 heterocycles. The van der Waals surface area contributed by atoms with Gasteiger partial charge in [0, 0.05) is 12.6 Å². The molecule has 1 saturated carbocycles. The van der Waals surface area contributed by atoms with Crippen LogP contribution in [0.2, 0.25) is 0 Å². The second-order valence-electron chi connectivity index (χ2n) is 5.17. The van der Waals surface area contributed by atoms with Gasteiger partial charge >= 0.3 is 0 Å². The van der Waals surface area contributed by atoms with Crippen molar-refractivity contribution in [3.05, 3.63) is 28.1 Å². The molecule has 3 rings (SSSR count). The summed E-state index contributed by atoms with van der Waals surface area (Å²) < 4.78 is 1.73. The molecule has 0 saturated heterocycles. The summed E-state index contributed by atoms with van der Waals surface area (Å²) >= 11 is 1.52. The molecule has 0 aliphatic heterocycles. The molecule has 5 heteroatoms. The van der Waals surface area contributed by atoms with E-state index in [1.165, 1.54) is 37.0 Å². The van der Waals surface area contributed by atoms with E-state index in [1.54, 1.807) is 10.9 Å². The second kappa shape index (κ2) is 5.84. The zero-order valence-electron chi connectivity index (χ0n) is 11.0. The number of thiophene rings is 1. The highest BCUT2D eigenvalue weighted by atomic mass is 32.1. The van der Waals surface area contributed by atoms with Crippen molar-refractivity contribution >= 4 is 21.6 Å². The summed E-state index contributed by atoms with van der Waals surface area (Å²) in [5.41, 5.74) is 0.0899. The van der Waals surface area contributed by atoms with Gasteiger partial charge in [0.25, 0.3) is 5.56 Å². The summed E-state index contributed by atoms with van der Waals surface area (Å²) in [6, 6.07) is 2.57. The zero-order chi connectivity index (χ0) is 13.1. The first-order valence-corrected chi connectivity index (χ1v) is 7.88. The Balaban J connectivity index is 1.56. The Morgan fingerprint density at radius 1 is 1.42 bits per heavy atom. The summed E-state index contributed by atoms with van der Waals surface area (Å²) in [7, 11) is 0. The van der Waals surface area contributed by atoms with E-state index in [4.69, 9.17) is 0 Å². The Morgan fingerprint density at radius 3 is 3.11 bits per heavy atom. The van der Waals surface area contributed by atoms with E-state index in [0.29, 0.717) is 6.04 Å². The lowest BCUT2D eigenvalue weighted by atomic mass is 10.2. The van der Waals surface area contributed by atoms with Crippen LogP contribution in [0.15, 0.2) is 22.6 Å². The molecular weight excluding hydrogens is 258 g/mol. The number of rotatable bonds is 5. The highest BCUT2D eigenvalue weighted by molar-refractivity contribution is 7.16. The lowest BCUT2D eigenvalue weighted by Crippen LogP contribution is -2.29. The summed E-state index contributed by atoms with van der Waals surface area (Å²) in [6.45, 7) is 1.73. The van der Waals surface area contributed by atoms with Crippen LogP contribution in [0.4, 0.5) is 0 Å². The molecule has 0 atom stereocenters.